The number of nitrogens with one attached hydrogen (secondary N) is 1. The number of likely N-dealkylation sites (tertiary alicyclic amines) is 1. The van der Waals surface area contributed by atoms with Crippen molar-refractivity contribution in [1.29, 1.82) is 5.26 Å². The summed E-state index contributed by atoms with van der Waals surface area (Å²) < 4.78 is 7.16. The van der Waals surface area contributed by atoms with Crippen LogP contribution in [-0.2, 0) is 10.2 Å². The largest absolute Gasteiger partial charge is 0.444 e. The van der Waals surface area contributed by atoms with Crippen LogP contribution in [0.1, 0.15) is 71.1 Å². The van der Waals surface area contributed by atoms with E-state index in [4.69, 9.17) is 16.3 Å². The molecule has 4 rings (SSSR count). The third kappa shape index (κ3) is 4.34. The van der Waals surface area contributed by atoms with Crippen molar-refractivity contribution in [3.63, 3.8) is 0 Å². The Morgan fingerprint density at radius 1 is 1.45 bits per heavy atom. The first-order valence-electron chi connectivity index (χ1n) is 11.5. The Bertz CT molecular complexity index is 1090. The molecule has 2 aromatic heterocycles. The predicted molar refractivity (Wildman–Crippen MR) is 124 cm³/mol. The molecule has 1 aliphatic carbocycles. The average molecular weight is 475 g/mol. The highest BCUT2D eigenvalue weighted by molar-refractivity contribution is 6.35. The van der Waals surface area contributed by atoms with Crippen molar-refractivity contribution in [1.82, 2.24) is 19.5 Å². The highest BCUT2D eigenvalue weighted by Crippen LogP contribution is 2.49. The number of anilines is 1. The van der Waals surface area contributed by atoms with Crippen molar-refractivity contribution in [3.8, 4) is 6.07 Å². The topological polar surface area (TPSA) is 116 Å². The number of hydrogen-bond acceptors (Lipinski definition) is 7. The van der Waals surface area contributed by atoms with Crippen LogP contribution < -0.4 is 5.32 Å². The smallest absolute Gasteiger partial charge is 0.410 e. The summed E-state index contributed by atoms with van der Waals surface area (Å²) >= 11 is 6.53. The van der Waals surface area contributed by atoms with E-state index in [2.05, 4.69) is 28.4 Å². The van der Waals surface area contributed by atoms with Gasteiger partial charge >= 0.3 is 6.09 Å². The molecular weight excluding hydrogens is 444 g/mol. The molecule has 2 aliphatic rings. The first-order valence-corrected chi connectivity index (χ1v) is 11.9. The van der Waals surface area contributed by atoms with Gasteiger partial charge in [0.05, 0.1) is 41.2 Å². The Balaban J connectivity index is 1.56. The van der Waals surface area contributed by atoms with Gasteiger partial charge in [0.15, 0.2) is 0 Å². The maximum Gasteiger partial charge on any atom is 0.410 e. The van der Waals surface area contributed by atoms with Crippen LogP contribution in [0.15, 0.2) is 6.20 Å². The van der Waals surface area contributed by atoms with Gasteiger partial charge in [-0.2, -0.15) is 5.26 Å². The van der Waals surface area contributed by atoms with Gasteiger partial charge in [0.25, 0.3) is 0 Å². The number of halogens is 1. The summed E-state index contributed by atoms with van der Waals surface area (Å²) in [5.41, 5.74) is 1.23. The summed E-state index contributed by atoms with van der Waals surface area (Å²) in [6.45, 7) is 8.18. The summed E-state index contributed by atoms with van der Waals surface area (Å²) in [7, 11) is 0. The van der Waals surface area contributed by atoms with Crippen molar-refractivity contribution in [3.05, 3.63) is 22.5 Å². The molecule has 1 aliphatic heterocycles. The lowest BCUT2D eigenvalue weighted by Gasteiger charge is -2.41. The maximum atomic E-state index is 12.3. The van der Waals surface area contributed by atoms with Gasteiger partial charge in [-0.25, -0.2) is 14.3 Å². The Morgan fingerprint density at radius 3 is 2.73 bits per heavy atom. The average Bonchev–Trinajstić information content (AvgIpc) is 2.99. The highest BCUT2D eigenvalue weighted by Gasteiger charge is 2.43. The fourth-order valence-corrected chi connectivity index (χ4v) is 5.05. The zero-order chi connectivity index (χ0) is 24.0. The third-order valence-electron chi connectivity index (χ3n) is 6.77. The molecule has 2 fully saturated rings. The minimum Gasteiger partial charge on any atom is -0.444 e. The van der Waals surface area contributed by atoms with Crippen molar-refractivity contribution < 1.29 is 14.6 Å². The fraction of sp³-hybridized carbons (Fsp3) is 0.652. The lowest BCUT2D eigenvalue weighted by atomic mass is 9.64. The van der Waals surface area contributed by atoms with Gasteiger partial charge in [-0.15, -0.1) is 5.10 Å². The molecule has 178 valence electrons. The molecule has 0 aromatic carbocycles. The van der Waals surface area contributed by atoms with Gasteiger partial charge in [-0.1, -0.05) is 24.9 Å². The number of aromatic nitrogens is 3. The number of ether oxygens (including phenoxy) is 1. The number of nitriles is 1. The summed E-state index contributed by atoms with van der Waals surface area (Å²) in [5.74, 6) is 0.347. The number of aliphatic hydroxyl groups excluding tert-OH is 1. The molecule has 3 heterocycles. The maximum absolute atomic E-state index is 12.3. The van der Waals surface area contributed by atoms with E-state index in [0.29, 0.717) is 35.0 Å². The molecule has 2 atom stereocenters. The number of rotatable bonds is 4. The molecule has 1 saturated heterocycles. The SMILES string of the molecule is CCC1(c2c(C#N)c(Cl)c3cnc(N[C@H]4CCN(C(=O)OC(C)(C)C)C[C@@H]4O)nn23)CCC1. The van der Waals surface area contributed by atoms with Crippen LogP contribution in [0.5, 0.6) is 0 Å². The molecule has 10 heteroatoms. The van der Waals surface area contributed by atoms with E-state index in [0.717, 1.165) is 31.4 Å². The number of fused-ring (bicyclic) bond motifs is 1. The zero-order valence-corrected chi connectivity index (χ0v) is 20.3. The lowest BCUT2D eigenvalue weighted by molar-refractivity contribution is 0.00112. The van der Waals surface area contributed by atoms with Crippen molar-refractivity contribution in [2.75, 3.05) is 18.4 Å². The number of carbonyl (C=O) groups excluding carboxylic acids is 1. The number of aliphatic hydroxyl groups is 1. The van der Waals surface area contributed by atoms with E-state index in [1.54, 1.807) is 10.7 Å². The zero-order valence-electron chi connectivity index (χ0n) is 19.6. The Labute approximate surface area is 198 Å². The first kappa shape index (κ1) is 23.6. The van der Waals surface area contributed by atoms with Crippen LogP contribution in [0.25, 0.3) is 5.52 Å². The lowest BCUT2D eigenvalue weighted by Crippen LogP contribution is -2.52. The van der Waals surface area contributed by atoms with Crippen molar-refractivity contribution in [2.45, 2.75) is 83.0 Å². The van der Waals surface area contributed by atoms with Gasteiger partial charge in [0.1, 0.15) is 17.2 Å². The van der Waals surface area contributed by atoms with E-state index >= 15 is 0 Å². The van der Waals surface area contributed by atoms with Gasteiger partial charge in [0, 0.05) is 12.0 Å². The monoisotopic (exact) mass is 474 g/mol. The number of amides is 1. The highest BCUT2D eigenvalue weighted by atomic mass is 35.5. The summed E-state index contributed by atoms with van der Waals surface area (Å²) in [6.07, 6.45) is 4.90. The van der Waals surface area contributed by atoms with Gasteiger partial charge in [0.2, 0.25) is 5.95 Å². The van der Waals surface area contributed by atoms with Crippen LogP contribution in [0.3, 0.4) is 0 Å². The predicted octanol–water partition coefficient (Wildman–Crippen LogP) is 3.87. The molecule has 2 N–H and O–H groups in total. The van der Waals surface area contributed by atoms with Crippen molar-refractivity contribution >= 4 is 29.2 Å². The van der Waals surface area contributed by atoms with Crippen LogP contribution in [-0.4, -0.2) is 61.5 Å². The molecule has 0 spiro atoms. The van der Waals surface area contributed by atoms with Crippen LogP contribution in [0, 0.1) is 11.3 Å². The molecule has 2 aromatic rings. The number of carbonyl (C=O) groups is 1. The molecule has 1 amide bonds. The van der Waals surface area contributed by atoms with Crippen molar-refractivity contribution in [2.24, 2.45) is 0 Å². The normalized spacial score (nSPS) is 22.5. The quantitative estimate of drug-likeness (QED) is 0.690. The van der Waals surface area contributed by atoms with Gasteiger partial charge < -0.3 is 20.1 Å². The molecular formula is C23H31ClN6O3. The fourth-order valence-electron chi connectivity index (χ4n) is 4.79. The van der Waals surface area contributed by atoms with E-state index in [-0.39, 0.29) is 18.0 Å². The van der Waals surface area contributed by atoms with Crippen LogP contribution in [0.4, 0.5) is 10.7 Å². The number of hydrogen-bond donors (Lipinski definition) is 2. The van der Waals surface area contributed by atoms with Gasteiger partial charge in [-0.05, 0) is 46.5 Å². The second-order valence-corrected chi connectivity index (χ2v) is 10.4. The van der Waals surface area contributed by atoms with Crippen LogP contribution >= 0.6 is 11.6 Å². The Morgan fingerprint density at radius 2 is 2.18 bits per heavy atom. The minimum absolute atomic E-state index is 0.106. The van der Waals surface area contributed by atoms with Crippen LogP contribution in [0.2, 0.25) is 5.02 Å². The Hall–Kier alpha value is -2.57. The van der Waals surface area contributed by atoms with E-state index in [1.165, 1.54) is 4.90 Å². The number of β-amino-alcohol motifs (C(OH)–C–C–N with tert-alkyl or cyclic N) is 1. The molecule has 1 saturated carbocycles. The van der Waals surface area contributed by atoms with E-state index in [1.807, 2.05) is 20.8 Å². The number of piperidine rings is 1. The molecule has 0 unspecified atom stereocenters. The first-order chi connectivity index (χ1) is 15.6. The molecule has 9 nitrogen and oxygen atoms in total. The third-order valence-corrected chi connectivity index (χ3v) is 7.16. The second-order valence-electron chi connectivity index (χ2n) is 10.0. The summed E-state index contributed by atoms with van der Waals surface area (Å²) in [4.78, 5) is 18.2. The Kier molecular flexibility index (Phi) is 6.18. The second kappa shape index (κ2) is 8.65. The minimum atomic E-state index is -0.804. The summed E-state index contributed by atoms with van der Waals surface area (Å²) in [5, 5.41) is 28.7. The summed E-state index contributed by atoms with van der Waals surface area (Å²) in [6, 6.07) is 1.95. The molecule has 0 bridgehead atoms. The molecule has 0 radical (unpaired) electrons. The number of nitrogens with zero attached hydrogens (tertiary/aromatic N) is 5. The van der Waals surface area contributed by atoms with Gasteiger partial charge in [-0.3, -0.25) is 0 Å². The molecule has 33 heavy (non-hydrogen) atoms. The van der Waals surface area contributed by atoms with E-state index in [9.17, 15) is 15.2 Å². The standard InChI is InChI=1S/C23H31ClN6O3/c1-5-23(8-6-9-23)19-14(11-25)18(24)16-12-26-20(28-30(16)19)27-15-7-10-29(13-17(15)31)21(32)33-22(2,3)4/h12,15,17,31H,5-10,13H2,1-4H3,(H,27,28)/t15-,17-/m0/s1. The van der Waals surface area contributed by atoms with E-state index < -0.39 is 17.8 Å².